The molecule has 4 heteroatoms. The van der Waals surface area contributed by atoms with Crippen molar-refractivity contribution in [2.24, 2.45) is 0 Å². The number of allylic oxidation sites excluding steroid dienone is 1. The number of piperidine rings is 1. The van der Waals surface area contributed by atoms with Gasteiger partial charge in [0, 0.05) is 18.8 Å². The average molecular weight is 218 g/mol. The van der Waals surface area contributed by atoms with Crippen molar-refractivity contribution in [2.75, 3.05) is 0 Å². The van der Waals surface area contributed by atoms with Crippen LogP contribution in [0.2, 0.25) is 0 Å². The number of hydrogen-bond acceptors (Lipinski definition) is 3. The van der Waals surface area contributed by atoms with Crippen molar-refractivity contribution in [2.45, 2.75) is 25.8 Å². The lowest BCUT2D eigenvalue weighted by Crippen LogP contribution is -2.33. The molecule has 0 saturated carbocycles. The minimum absolute atomic E-state index is 0.0726. The molecule has 4 nitrogen and oxygen atoms in total. The van der Waals surface area contributed by atoms with Crippen molar-refractivity contribution in [3.63, 3.8) is 0 Å². The number of carbonyl (C=O) groups is 1. The number of hydrogen-bond donors (Lipinski definition) is 1. The highest BCUT2D eigenvalue weighted by atomic mass is 16.2. The average Bonchev–Trinajstić information content (AvgIpc) is 2.33. The maximum absolute atomic E-state index is 11.7. The minimum atomic E-state index is 0.0726. The first-order valence-corrected chi connectivity index (χ1v) is 5.34. The Labute approximate surface area is 94.2 Å². The van der Waals surface area contributed by atoms with Gasteiger partial charge in [0.1, 0.15) is 0 Å². The van der Waals surface area contributed by atoms with Crippen LogP contribution < -0.4 is 0 Å². The molecule has 1 aliphatic rings. The summed E-state index contributed by atoms with van der Waals surface area (Å²) in [5.41, 5.74) is 1.72. The van der Waals surface area contributed by atoms with E-state index in [0.717, 1.165) is 24.7 Å². The Morgan fingerprint density at radius 3 is 2.81 bits per heavy atom. The van der Waals surface area contributed by atoms with Crippen LogP contribution in [0, 0.1) is 0 Å². The first-order chi connectivity index (χ1) is 7.81. The topological polar surface area (TPSA) is 53.4 Å². The summed E-state index contributed by atoms with van der Waals surface area (Å²) in [5.74, 6) is 0.0726. The van der Waals surface area contributed by atoms with E-state index in [4.69, 9.17) is 5.11 Å². The SMILES string of the molecule is O=C1CCC/C(=C\O)N1Cc1ccncc1. The largest absolute Gasteiger partial charge is 0.514 e. The van der Waals surface area contributed by atoms with Crippen LogP contribution in [0.5, 0.6) is 0 Å². The molecule has 0 aromatic carbocycles. The van der Waals surface area contributed by atoms with Crippen LogP contribution in [0.15, 0.2) is 36.5 Å². The molecule has 1 amide bonds. The third kappa shape index (κ3) is 2.21. The fraction of sp³-hybridized carbons (Fsp3) is 0.333. The van der Waals surface area contributed by atoms with Gasteiger partial charge in [-0.15, -0.1) is 0 Å². The molecule has 0 atom stereocenters. The Morgan fingerprint density at radius 2 is 2.12 bits per heavy atom. The predicted octanol–water partition coefficient (Wildman–Crippen LogP) is 1.99. The summed E-state index contributed by atoms with van der Waals surface area (Å²) in [5, 5.41) is 9.09. The van der Waals surface area contributed by atoms with Crippen LogP contribution in [0.3, 0.4) is 0 Å². The Hall–Kier alpha value is -1.84. The molecule has 0 aliphatic carbocycles. The second kappa shape index (κ2) is 4.79. The summed E-state index contributed by atoms with van der Waals surface area (Å²) in [6.45, 7) is 0.508. The Kier molecular flexibility index (Phi) is 3.19. The number of amides is 1. The van der Waals surface area contributed by atoms with Gasteiger partial charge < -0.3 is 10.0 Å². The first-order valence-electron chi connectivity index (χ1n) is 5.34. The number of aromatic nitrogens is 1. The van der Waals surface area contributed by atoms with E-state index >= 15 is 0 Å². The molecule has 1 N–H and O–H groups in total. The maximum Gasteiger partial charge on any atom is 0.227 e. The van der Waals surface area contributed by atoms with Crippen LogP contribution in [0.4, 0.5) is 0 Å². The van der Waals surface area contributed by atoms with Crippen LogP contribution in [0.25, 0.3) is 0 Å². The van der Waals surface area contributed by atoms with Gasteiger partial charge in [0.05, 0.1) is 18.5 Å². The van der Waals surface area contributed by atoms with Gasteiger partial charge in [0.25, 0.3) is 0 Å². The molecule has 16 heavy (non-hydrogen) atoms. The van der Waals surface area contributed by atoms with Crippen molar-refractivity contribution in [3.8, 4) is 0 Å². The van der Waals surface area contributed by atoms with Crippen LogP contribution in [-0.2, 0) is 11.3 Å². The molecule has 0 spiro atoms. The zero-order chi connectivity index (χ0) is 11.4. The fourth-order valence-electron chi connectivity index (χ4n) is 1.85. The molecule has 2 heterocycles. The molecule has 1 saturated heterocycles. The normalized spacial score (nSPS) is 19.1. The Morgan fingerprint density at radius 1 is 1.38 bits per heavy atom. The molecule has 0 unspecified atom stereocenters. The van der Waals surface area contributed by atoms with Gasteiger partial charge in [-0.25, -0.2) is 0 Å². The molecular formula is C12H14N2O2. The van der Waals surface area contributed by atoms with E-state index in [9.17, 15) is 4.79 Å². The van der Waals surface area contributed by atoms with Gasteiger partial charge in [-0.2, -0.15) is 0 Å². The molecule has 1 fully saturated rings. The molecule has 1 aromatic heterocycles. The molecule has 1 aliphatic heterocycles. The van der Waals surface area contributed by atoms with E-state index in [-0.39, 0.29) is 5.91 Å². The van der Waals surface area contributed by atoms with E-state index in [1.54, 1.807) is 17.3 Å². The highest BCUT2D eigenvalue weighted by Crippen LogP contribution is 2.23. The monoisotopic (exact) mass is 218 g/mol. The van der Waals surface area contributed by atoms with E-state index in [1.165, 1.54) is 0 Å². The van der Waals surface area contributed by atoms with Crippen molar-refractivity contribution >= 4 is 5.91 Å². The van der Waals surface area contributed by atoms with E-state index < -0.39 is 0 Å². The lowest BCUT2D eigenvalue weighted by Gasteiger charge is -2.28. The Bertz CT molecular complexity index is 401. The zero-order valence-corrected chi connectivity index (χ0v) is 8.97. The van der Waals surface area contributed by atoms with Crippen LogP contribution >= 0.6 is 0 Å². The third-order valence-electron chi connectivity index (χ3n) is 2.71. The lowest BCUT2D eigenvalue weighted by atomic mass is 10.1. The lowest BCUT2D eigenvalue weighted by molar-refractivity contribution is -0.131. The van der Waals surface area contributed by atoms with Gasteiger partial charge in [-0.3, -0.25) is 9.78 Å². The van der Waals surface area contributed by atoms with Gasteiger partial charge in [-0.1, -0.05) is 0 Å². The number of aliphatic hydroxyl groups is 1. The molecule has 2 rings (SSSR count). The third-order valence-corrected chi connectivity index (χ3v) is 2.71. The van der Waals surface area contributed by atoms with Crippen LogP contribution in [0.1, 0.15) is 24.8 Å². The van der Waals surface area contributed by atoms with Crippen LogP contribution in [-0.4, -0.2) is 20.9 Å². The predicted molar refractivity (Wildman–Crippen MR) is 59.3 cm³/mol. The van der Waals surface area contributed by atoms with Crippen molar-refractivity contribution < 1.29 is 9.90 Å². The number of carbonyl (C=O) groups excluding carboxylic acids is 1. The second-order valence-corrected chi connectivity index (χ2v) is 3.81. The van der Waals surface area contributed by atoms with Gasteiger partial charge in [0.15, 0.2) is 0 Å². The molecule has 0 bridgehead atoms. The summed E-state index contributed by atoms with van der Waals surface area (Å²) in [6.07, 6.45) is 6.57. The van der Waals surface area contributed by atoms with Gasteiger partial charge in [-0.05, 0) is 30.5 Å². The number of likely N-dealkylation sites (tertiary alicyclic amines) is 1. The summed E-state index contributed by atoms with van der Waals surface area (Å²) >= 11 is 0. The van der Waals surface area contributed by atoms with E-state index in [2.05, 4.69) is 4.98 Å². The summed E-state index contributed by atoms with van der Waals surface area (Å²) < 4.78 is 0. The summed E-state index contributed by atoms with van der Waals surface area (Å²) in [6, 6.07) is 3.74. The van der Waals surface area contributed by atoms with Crippen molar-refractivity contribution in [1.29, 1.82) is 0 Å². The van der Waals surface area contributed by atoms with Gasteiger partial charge in [0.2, 0.25) is 5.91 Å². The van der Waals surface area contributed by atoms with E-state index in [0.29, 0.717) is 18.7 Å². The summed E-state index contributed by atoms with van der Waals surface area (Å²) in [4.78, 5) is 17.3. The number of pyridine rings is 1. The van der Waals surface area contributed by atoms with Gasteiger partial charge >= 0.3 is 0 Å². The second-order valence-electron chi connectivity index (χ2n) is 3.81. The molecular weight excluding hydrogens is 204 g/mol. The minimum Gasteiger partial charge on any atom is -0.514 e. The number of rotatable bonds is 2. The molecule has 1 aromatic rings. The summed E-state index contributed by atoms with van der Waals surface area (Å²) in [7, 11) is 0. The highest BCUT2D eigenvalue weighted by molar-refractivity contribution is 5.79. The fourth-order valence-corrected chi connectivity index (χ4v) is 1.85. The highest BCUT2D eigenvalue weighted by Gasteiger charge is 2.22. The number of aliphatic hydroxyl groups excluding tert-OH is 1. The number of nitrogens with zero attached hydrogens (tertiary/aromatic N) is 2. The quantitative estimate of drug-likeness (QED) is 0.772. The van der Waals surface area contributed by atoms with E-state index in [1.807, 2.05) is 12.1 Å². The molecule has 0 radical (unpaired) electrons. The van der Waals surface area contributed by atoms with Crippen molar-refractivity contribution in [3.05, 3.63) is 42.0 Å². The maximum atomic E-state index is 11.7. The molecule has 84 valence electrons. The standard InChI is InChI=1S/C12H14N2O2/c15-9-11-2-1-3-12(16)14(11)8-10-4-6-13-7-5-10/h4-7,9,15H,1-3,8H2/b11-9+. The van der Waals surface area contributed by atoms with Crippen molar-refractivity contribution in [1.82, 2.24) is 9.88 Å². The smallest absolute Gasteiger partial charge is 0.227 e. The zero-order valence-electron chi connectivity index (χ0n) is 8.97. The first kappa shape index (κ1) is 10.7. The Balaban J connectivity index is 2.15.